The van der Waals surface area contributed by atoms with Gasteiger partial charge in [0.15, 0.2) is 6.23 Å². The molecule has 12 nitrogen and oxygen atoms in total. The van der Waals surface area contributed by atoms with Crippen LogP contribution in [-0.2, 0) is 27.9 Å². The SMILES string of the molecule is CCOC(=O)[C@H](C)NP1(=O)OC[C@H]2O[C@@H](n3ccc(N)nc3=O)[C@](C)(O)[C@@H]2O1. The molecule has 1 aromatic rings. The summed E-state index contributed by atoms with van der Waals surface area (Å²) in [6.45, 7) is 4.45. The van der Waals surface area contributed by atoms with Gasteiger partial charge in [-0.1, -0.05) is 0 Å². The lowest BCUT2D eigenvalue weighted by Crippen LogP contribution is -2.50. The Bertz CT molecular complexity index is 859. The second kappa shape index (κ2) is 7.54. The number of nitrogens with two attached hydrogens (primary N) is 1. The molecule has 3 rings (SSSR count). The number of esters is 1. The fourth-order valence-electron chi connectivity index (χ4n) is 3.12. The molecule has 28 heavy (non-hydrogen) atoms. The van der Waals surface area contributed by atoms with E-state index < -0.39 is 49.5 Å². The summed E-state index contributed by atoms with van der Waals surface area (Å²) < 4.78 is 35.3. The van der Waals surface area contributed by atoms with Crippen molar-refractivity contribution in [2.24, 2.45) is 0 Å². The van der Waals surface area contributed by atoms with Crippen LogP contribution in [-0.4, -0.2) is 57.7 Å². The summed E-state index contributed by atoms with van der Waals surface area (Å²) in [5, 5.41) is 13.5. The summed E-state index contributed by atoms with van der Waals surface area (Å²) in [5.41, 5.74) is 3.01. The van der Waals surface area contributed by atoms with E-state index in [9.17, 15) is 19.3 Å². The van der Waals surface area contributed by atoms with Crippen molar-refractivity contribution >= 4 is 19.5 Å². The molecule has 4 N–H and O–H groups in total. The van der Waals surface area contributed by atoms with Crippen molar-refractivity contribution in [2.75, 3.05) is 18.9 Å². The Hall–Kier alpha value is -1.82. The van der Waals surface area contributed by atoms with Crippen LogP contribution in [0.1, 0.15) is 27.0 Å². The molecule has 13 heteroatoms. The summed E-state index contributed by atoms with van der Waals surface area (Å²) in [5.74, 6) is -0.601. The van der Waals surface area contributed by atoms with Crippen molar-refractivity contribution in [1.82, 2.24) is 14.6 Å². The molecule has 0 aromatic carbocycles. The smallest absolute Gasteiger partial charge is 0.406 e. The molecule has 3 heterocycles. The Morgan fingerprint density at radius 1 is 1.64 bits per heavy atom. The van der Waals surface area contributed by atoms with Crippen LogP contribution in [0.5, 0.6) is 0 Å². The van der Waals surface area contributed by atoms with Crippen molar-refractivity contribution in [1.29, 1.82) is 0 Å². The number of nitrogen functional groups attached to an aromatic ring is 1. The van der Waals surface area contributed by atoms with Gasteiger partial charge in [0.25, 0.3) is 0 Å². The van der Waals surface area contributed by atoms with Gasteiger partial charge in [-0.2, -0.15) is 4.98 Å². The van der Waals surface area contributed by atoms with Crippen LogP contribution in [0, 0.1) is 0 Å². The van der Waals surface area contributed by atoms with Gasteiger partial charge >= 0.3 is 19.4 Å². The Kier molecular flexibility index (Phi) is 5.63. The standard InChI is InChI=1S/C15H23N4O8P/c1-4-24-12(20)8(2)18-28(23)25-7-9-11(27-28)15(3,22)13(26-9)19-6-5-10(16)17-14(19)21/h5-6,8-9,11,13,22H,4,7H2,1-3H3,(H,18,23)(H2,16,17,21)/t8-,9+,11+,13+,15+,28?/m0/s1. The van der Waals surface area contributed by atoms with Crippen LogP contribution in [0.4, 0.5) is 5.82 Å². The van der Waals surface area contributed by atoms with Crippen molar-refractivity contribution in [3.05, 3.63) is 22.7 Å². The molecule has 2 aliphatic rings. The highest BCUT2D eigenvalue weighted by Crippen LogP contribution is 2.55. The molecule has 1 unspecified atom stereocenters. The summed E-state index contributed by atoms with van der Waals surface area (Å²) in [7, 11) is -3.95. The Morgan fingerprint density at radius 3 is 3.00 bits per heavy atom. The summed E-state index contributed by atoms with van der Waals surface area (Å²) in [4.78, 5) is 27.5. The van der Waals surface area contributed by atoms with Gasteiger partial charge in [0.05, 0.1) is 13.2 Å². The van der Waals surface area contributed by atoms with Gasteiger partial charge in [0.2, 0.25) is 0 Å². The van der Waals surface area contributed by atoms with E-state index in [-0.39, 0.29) is 19.0 Å². The van der Waals surface area contributed by atoms with E-state index >= 15 is 0 Å². The first-order chi connectivity index (χ1) is 13.1. The predicted molar refractivity (Wildman–Crippen MR) is 95.1 cm³/mol. The number of aliphatic hydroxyl groups is 1. The second-order valence-corrected chi connectivity index (χ2v) is 8.44. The number of carbonyl (C=O) groups excluding carboxylic acids is 1. The first-order valence-corrected chi connectivity index (χ1v) is 10.2. The van der Waals surface area contributed by atoms with Crippen LogP contribution < -0.4 is 16.5 Å². The highest BCUT2D eigenvalue weighted by atomic mass is 31.2. The number of fused-ring (bicyclic) bond motifs is 1. The number of aromatic nitrogens is 2. The van der Waals surface area contributed by atoms with Gasteiger partial charge in [-0.15, -0.1) is 0 Å². The minimum absolute atomic E-state index is 0.0255. The van der Waals surface area contributed by atoms with Crippen molar-refractivity contribution in [3.8, 4) is 0 Å². The van der Waals surface area contributed by atoms with E-state index in [1.54, 1.807) is 6.92 Å². The minimum Gasteiger partial charge on any atom is -0.465 e. The van der Waals surface area contributed by atoms with Gasteiger partial charge in [-0.3, -0.25) is 18.4 Å². The lowest BCUT2D eigenvalue weighted by molar-refractivity contribution is -0.145. The zero-order chi connectivity index (χ0) is 20.7. The normalized spacial score (nSPS) is 35.9. The van der Waals surface area contributed by atoms with Crippen molar-refractivity contribution < 1.29 is 33.0 Å². The fourth-order valence-corrected chi connectivity index (χ4v) is 4.89. The van der Waals surface area contributed by atoms with E-state index in [0.29, 0.717) is 0 Å². The quantitative estimate of drug-likeness (QED) is 0.418. The molecule has 1 aromatic heterocycles. The molecule has 0 radical (unpaired) electrons. The van der Waals surface area contributed by atoms with E-state index in [1.165, 1.54) is 26.1 Å². The van der Waals surface area contributed by atoms with Gasteiger partial charge < -0.3 is 20.3 Å². The Labute approximate surface area is 160 Å². The second-order valence-electron chi connectivity index (χ2n) is 6.72. The van der Waals surface area contributed by atoms with E-state index in [1.807, 2.05) is 0 Å². The lowest BCUT2D eigenvalue weighted by atomic mass is 9.96. The molecule has 0 aliphatic carbocycles. The van der Waals surface area contributed by atoms with Crippen LogP contribution in [0.15, 0.2) is 17.1 Å². The highest BCUT2D eigenvalue weighted by Gasteiger charge is 2.60. The molecule has 2 aliphatic heterocycles. The number of carbonyl (C=O) groups is 1. The number of hydrogen-bond donors (Lipinski definition) is 3. The molecule has 0 spiro atoms. The molecular formula is C15H23N4O8P. The number of anilines is 1. The summed E-state index contributed by atoms with van der Waals surface area (Å²) in [6, 6.07) is 0.419. The molecule has 2 saturated heterocycles. The molecule has 6 atom stereocenters. The predicted octanol–water partition coefficient (Wildman–Crippen LogP) is -0.461. The zero-order valence-electron chi connectivity index (χ0n) is 15.6. The van der Waals surface area contributed by atoms with Gasteiger partial charge in [-0.25, -0.2) is 14.4 Å². The summed E-state index contributed by atoms with van der Waals surface area (Å²) in [6.07, 6.45) is -1.72. The fraction of sp³-hybridized carbons (Fsp3) is 0.667. The average molecular weight is 418 g/mol. The summed E-state index contributed by atoms with van der Waals surface area (Å²) >= 11 is 0. The van der Waals surface area contributed by atoms with E-state index in [0.717, 1.165) is 4.57 Å². The maximum atomic E-state index is 12.9. The Morgan fingerprint density at radius 2 is 2.36 bits per heavy atom. The first-order valence-electron chi connectivity index (χ1n) is 8.67. The lowest BCUT2D eigenvalue weighted by Gasteiger charge is -2.36. The van der Waals surface area contributed by atoms with E-state index in [2.05, 4.69) is 10.1 Å². The number of ether oxygens (including phenoxy) is 2. The highest BCUT2D eigenvalue weighted by molar-refractivity contribution is 7.51. The molecule has 0 saturated carbocycles. The van der Waals surface area contributed by atoms with Crippen molar-refractivity contribution in [2.45, 2.75) is 50.8 Å². The zero-order valence-corrected chi connectivity index (χ0v) is 16.5. The molecule has 0 bridgehead atoms. The maximum Gasteiger partial charge on any atom is 0.406 e. The first kappa shape index (κ1) is 20.9. The van der Waals surface area contributed by atoms with E-state index in [4.69, 9.17) is 24.3 Å². The third kappa shape index (κ3) is 3.84. The van der Waals surface area contributed by atoms with Crippen LogP contribution >= 0.6 is 7.75 Å². The average Bonchev–Trinajstić information content (AvgIpc) is 2.85. The van der Waals surface area contributed by atoms with Crippen molar-refractivity contribution in [3.63, 3.8) is 0 Å². The van der Waals surface area contributed by atoms with Crippen LogP contribution in [0.3, 0.4) is 0 Å². The monoisotopic (exact) mass is 418 g/mol. The number of rotatable bonds is 5. The molecule has 156 valence electrons. The maximum absolute atomic E-state index is 12.9. The number of hydrogen-bond acceptors (Lipinski definition) is 10. The number of nitrogens with zero attached hydrogens (tertiary/aromatic N) is 2. The minimum atomic E-state index is -3.95. The largest absolute Gasteiger partial charge is 0.465 e. The Balaban J connectivity index is 1.80. The van der Waals surface area contributed by atoms with Crippen LogP contribution in [0.2, 0.25) is 0 Å². The molecule has 0 amide bonds. The third-order valence-corrected chi connectivity index (χ3v) is 6.17. The van der Waals surface area contributed by atoms with Gasteiger partial charge in [0.1, 0.15) is 29.7 Å². The molecule has 2 fully saturated rings. The number of nitrogens with one attached hydrogen (secondary N) is 1. The van der Waals surface area contributed by atoms with Crippen LogP contribution in [0.25, 0.3) is 0 Å². The topological polar surface area (TPSA) is 164 Å². The van der Waals surface area contributed by atoms with Gasteiger partial charge in [-0.05, 0) is 26.8 Å². The molecular weight excluding hydrogens is 395 g/mol. The third-order valence-electron chi connectivity index (χ3n) is 4.47. The van der Waals surface area contributed by atoms with Gasteiger partial charge in [0, 0.05) is 6.20 Å².